The number of nitrogen functional groups attached to an aromatic ring is 1. The smallest absolute Gasteiger partial charge is 0.237 e. The minimum atomic E-state index is -3.33. The Hall–Kier alpha value is -0.750. The summed E-state index contributed by atoms with van der Waals surface area (Å²) in [6.07, 6.45) is 0. The molecule has 0 atom stereocenters. The Morgan fingerprint density at radius 1 is 1.38 bits per heavy atom. The molecule has 4 nitrogen and oxygen atoms in total. The zero-order valence-electron chi connectivity index (χ0n) is 9.44. The van der Waals surface area contributed by atoms with Crippen LogP contribution in [0.15, 0.2) is 22.7 Å². The van der Waals surface area contributed by atoms with E-state index in [0.29, 0.717) is 11.4 Å². The summed E-state index contributed by atoms with van der Waals surface area (Å²) in [5.74, 6) is 0. The van der Waals surface area contributed by atoms with Gasteiger partial charge in [0, 0.05) is 11.5 Å². The largest absolute Gasteiger partial charge is 0.397 e. The van der Waals surface area contributed by atoms with E-state index in [9.17, 15) is 8.42 Å². The average molecular weight is 307 g/mol. The lowest BCUT2D eigenvalue weighted by Gasteiger charge is -2.23. The normalized spacial score (nSPS) is 11.8. The molecular formula is C10H15BrN2O2S. The number of halogens is 1. The lowest BCUT2D eigenvalue weighted by molar-refractivity contribution is 0.585. The highest BCUT2D eigenvalue weighted by molar-refractivity contribution is 9.10. The lowest BCUT2D eigenvalue weighted by Crippen LogP contribution is -2.33. The first-order chi connectivity index (χ1) is 7.26. The molecule has 0 radical (unpaired) electrons. The number of sulfonamides is 1. The molecule has 0 spiro atoms. The van der Waals surface area contributed by atoms with Crippen LogP contribution in [0.5, 0.6) is 0 Å². The molecular weight excluding hydrogens is 292 g/mol. The average Bonchev–Trinajstić information content (AvgIpc) is 2.16. The van der Waals surface area contributed by atoms with Crippen LogP contribution in [0.3, 0.4) is 0 Å². The van der Waals surface area contributed by atoms with E-state index in [4.69, 9.17) is 5.73 Å². The maximum absolute atomic E-state index is 11.9. The van der Waals surface area contributed by atoms with Gasteiger partial charge in [-0.05, 0) is 32.0 Å². The molecule has 0 aliphatic rings. The number of hydrogen-bond donors (Lipinski definition) is 1. The van der Waals surface area contributed by atoms with Crippen molar-refractivity contribution in [2.24, 2.45) is 0 Å². The SMILES string of the molecule is CC(C)S(=O)(=O)N(C)c1ccc(Br)cc1N. The Labute approximate surface area is 105 Å². The van der Waals surface area contributed by atoms with Crippen molar-refractivity contribution in [2.75, 3.05) is 17.1 Å². The Morgan fingerprint density at radius 2 is 1.94 bits per heavy atom. The summed E-state index contributed by atoms with van der Waals surface area (Å²) < 4.78 is 25.9. The molecule has 0 unspecified atom stereocenters. The van der Waals surface area contributed by atoms with E-state index in [1.165, 1.54) is 11.4 Å². The van der Waals surface area contributed by atoms with Gasteiger partial charge in [0.2, 0.25) is 10.0 Å². The zero-order chi connectivity index (χ0) is 12.5. The molecule has 1 aromatic rings. The van der Waals surface area contributed by atoms with Crippen LogP contribution < -0.4 is 10.0 Å². The van der Waals surface area contributed by atoms with E-state index in [1.54, 1.807) is 32.0 Å². The van der Waals surface area contributed by atoms with E-state index in [0.717, 1.165) is 4.47 Å². The predicted octanol–water partition coefficient (Wildman–Crippen LogP) is 2.21. The molecule has 16 heavy (non-hydrogen) atoms. The Kier molecular flexibility index (Phi) is 3.85. The van der Waals surface area contributed by atoms with Crippen LogP contribution in [0.1, 0.15) is 13.8 Å². The second kappa shape index (κ2) is 4.63. The second-order valence-electron chi connectivity index (χ2n) is 3.76. The molecule has 2 N–H and O–H groups in total. The van der Waals surface area contributed by atoms with E-state index in [2.05, 4.69) is 15.9 Å². The van der Waals surface area contributed by atoms with Crippen molar-refractivity contribution < 1.29 is 8.42 Å². The third-order valence-electron chi connectivity index (χ3n) is 2.31. The van der Waals surface area contributed by atoms with Gasteiger partial charge in [0.1, 0.15) is 0 Å². The molecule has 0 fully saturated rings. The molecule has 0 bridgehead atoms. The summed E-state index contributed by atoms with van der Waals surface area (Å²) in [5.41, 5.74) is 6.71. The van der Waals surface area contributed by atoms with Crippen LogP contribution in [0.25, 0.3) is 0 Å². The van der Waals surface area contributed by atoms with Crippen molar-refractivity contribution in [3.8, 4) is 0 Å². The van der Waals surface area contributed by atoms with Gasteiger partial charge in [-0.25, -0.2) is 8.42 Å². The summed E-state index contributed by atoms with van der Waals surface area (Å²) in [4.78, 5) is 0. The summed E-state index contributed by atoms with van der Waals surface area (Å²) >= 11 is 3.28. The van der Waals surface area contributed by atoms with Crippen molar-refractivity contribution in [1.82, 2.24) is 0 Å². The molecule has 90 valence electrons. The molecule has 6 heteroatoms. The highest BCUT2D eigenvalue weighted by atomic mass is 79.9. The molecule has 1 aromatic carbocycles. The summed E-state index contributed by atoms with van der Waals surface area (Å²) in [7, 11) is -1.82. The first kappa shape index (κ1) is 13.3. The van der Waals surface area contributed by atoms with Crippen molar-refractivity contribution in [2.45, 2.75) is 19.1 Å². The number of anilines is 2. The van der Waals surface area contributed by atoms with E-state index in [1.807, 2.05) is 0 Å². The van der Waals surface area contributed by atoms with Gasteiger partial charge in [-0.15, -0.1) is 0 Å². The lowest BCUT2D eigenvalue weighted by atomic mass is 10.3. The summed E-state index contributed by atoms with van der Waals surface area (Å²) in [5, 5.41) is -0.472. The van der Waals surface area contributed by atoms with Gasteiger partial charge >= 0.3 is 0 Å². The molecule has 0 saturated carbocycles. The van der Waals surface area contributed by atoms with E-state index in [-0.39, 0.29) is 0 Å². The molecule has 0 aliphatic carbocycles. The number of hydrogen-bond acceptors (Lipinski definition) is 3. The molecule has 0 aliphatic heterocycles. The highest BCUT2D eigenvalue weighted by Crippen LogP contribution is 2.28. The Balaban J connectivity index is 3.20. The summed E-state index contributed by atoms with van der Waals surface area (Å²) in [6, 6.07) is 5.12. The molecule has 0 aromatic heterocycles. The minimum Gasteiger partial charge on any atom is -0.397 e. The van der Waals surface area contributed by atoms with Gasteiger partial charge in [-0.1, -0.05) is 15.9 Å². The van der Waals surface area contributed by atoms with Gasteiger partial charge < -0.3 is 5.73 Å². The fraction of sp³-hybridized carbons (Fsp3) is 0.400. The van der Waals surface area contributed by atoms with E-state index < -0.39 is 15.3 Å². The van der Waals surface area contributed by atoms with Crippen LogP contribution in [0.2, 0.25) is 0 Å². The molecule has 0 amide bonds. The van der Waals surface area contributed by atoms with Crippen molar-refractivity contribution in [3.05, 3.63) is 22.7 Å². The van der Waals surface area contributed by atoms with Crippen LogP contribution in [-0.4, -0.2) is 20.7 Å². The number of nitrogens with two attached hydrogens (primary N) is 1. The number of rotatable bonds is 3. The Bertz CT molecular complexity index is 486. The third-order valence-corrected chi connectivity index (χ3v) is 4.95. The van der Waals surface area contributed by atoms with Crippen LogP contribution in [0.4, 0.5) is 11.4 Å². The van der Waals surface area contributed by atoms with Crippen LogP contribution in [0, 0.1) is 0 Å². The zero-order valence-corrected chi connectivity index (χ0v) is 11.8. The first-order valence-electron chi connectivity index (χ1n) is 4.79. The third kappa shape index (κ3) is 2.49. The standard InChI is InChI=1S/C10H15BrN2O2S/c1-7(2)16(14,15)13(3)10-5-4-8(11)6-9(10)12/h4-7H,12H2,1-3H3. The van der Waals surface area contributed by atoms with Gasteiger partial charge in [0.25, 0.3) is 0 Å². The van der Waals surface area contributed by atoms with Crippen molar-refractivity contribution >= 4 is 37.3 Å². The monoisotopic (exact) mass is 306 g/mol. The Morgan fingerprint density at radius 3 is 2.38 bits per heavy atom. The first-order valence-corrected chi connectivity index (χ1v) is 7.09. The maximum Gasteiger partial charge on any atom is 0.237 e. The van der Waals surface area contributed by atoms with Crippen LogP contribution >= 0.6 is 15.9 Å². The molecule has 1 rings (SSSR count). The van der Waals surface area contributed by atoms with E-state index >= 15 is 0 Å². The predicted molar refractivity (Wildman–Crippen MR) is 71.0 cm³/mol. The fourth-order valence-electron chi connectivity index (χ4n) is 1.27. The van der Waals surface area contributed by atoms with Crippen molar-refractivity contribution in [3.63, 3.8) is 0 Å². The summed E-state index contributed by atoms with van der Waals surface area (Å²) in [6.45, 7) is 3.28. The fourth-order valence-corrected chi connectivity index (χ4v) is 2.72. The maximum atomic E-state index is 11.9. The highest BCUT2D eigenvalue weighted by Gasteiger charge is 2.23. The van der Waals surface area contributed by atoms with Gasteiger partial charge in [0.05, 0.1) is 16.6 Å². The van der Waals surface area contributed by atoms with Gasteiger partial charge in [0.15, 0.2) is 0 Å². The van der Waals surface area contributed by atoms with Crippen molar-refractivity contribution in [1.29, 1.82) is 0 Å². The minimum absolute atomic E-state index is 0.432. The number of benzene rings is 1. The number of nitrogens with zero attached hydrogens (tertiary/aromatic N) is 1. The quantitative estimate of drug-likeness (QED) is 0.871. The second-order valence-corrected chi connectivity index (χ2v) is 7.20. The molecule has 0 saturated heterocycles. The van der Waals surface area contributed by atoms with Crippen LogP contribution in [-0.2, 0) is 10.0 Å². The molecule has 0 heterocycles. The topological polar surface area (TPSA) is 63.4 Å². The van der Waals surface area contributed by atoms with Gasteiger partial charge in [-0.2, -0.15) is 0 Å². The van der Waals surface area contributed by atoms with Gasteiger partial charge in [-0.3, -0.25) is 4.31 Å².